The minimum Gasteiger partial charge on any atom is -0.462 e. The maximum absolute atomic E-state index is 12.1. The van der Waals surface area contributed by atoms with Gasteiger partial charge < -0.3 is 4.42 Å². The van der Waals surface area contributed by atoms with Gasteiger partial charge in [0.1, 0.15) is 23.2 Å². The Morgan fingerprint density at radius 1 is 1.22 bits per heavy atom. The van der Waals surface area contributed by atoms with Gasteiger partial charge in [-0.25, -0.2) is 0 Å². The molecule has 0 saturated carbocycles. The SMILES string of the molecule is Cc1ccc(/C=C(/C#N)C(=O)c2ccccc2)o1. The molecule has 2 aromatic rings. The number of carbonyl (C=O) groups excluding carboxylic acids is 1. The van der Waals surface area contributed by atoms with Gasteiger partial charge in [-0.15, -0.1) is 0 Å². The van der Waals surface area contributed by atoms with Crippen molar-refractivity contribution in [2.45, 2.75) is 6.92 Å². The van der Waals surface area contributed by atoms with Gasteiger partial charge in [-0.1, -0.05) is 30.3 Å². The van der Waals surface area contributed by atoms with Gasteiger partial charge in [-0.05, 0) is 19.1 Å². The topological polar surface area (TPSA) is 54.0 Å². The van der Waals surface area contributed by atoms with Crippen molar-refractivity contribution in [2.75, 3.05) is 0 Å². The number of nitriles is 1. The Bertz CT molecular complexity index is 630. The minimum absolute atomic E-state index is 0.0653. The van der Waals surface area contributed by atoms with Crippen LogP contribution in [-0.4, -0.2) is 5.78 Å². The Hall–Kier alpha value is -2.60. The van der Waals surface area contributed by atoms with E-state index in [1.54, 1.807) is 36.4 Å². The molecule has 0 spiro atoms. The van der Waals surface area contributed by atoms with Crippen LogP contribution in [0.5, 0.6) is 0 Å². The van der Waals surface area contributed by atoms with Gasteiger partial charge >= 0.3 is 0 Å². The summed E-state index contributed by atoms with van der Waals surface area (Å²) in [5, 5.41) is 9.05. The number of hydrogen-bond acceptors (Lipinski definition) is 3. The van der Waals surface area contributed by atoms with Crippen molar-refractivity contribution in [3.8, 4) is 6.07 Å². The van der Waals surface area contributed by atoms with E-state index in [2.05, 4.69) is 0 Å². The van der Waals surface area contributed by atoms with Crippen molar-refractivity contribution < 1.29 is 9.21 Å². The molecule has 0 bridgehead atoms. The molecule has 0 fully saturated rings. The van der Waals surface area contributed by atoms with Crippen LogP contribution in [0, 0.1) is 18.3 Å². The van der Waals surface area contributed by atoms with Crippen LogP contribution in [-0.2, 0) is 0 Å². The molecule has 3 heteroatoms. The normalized spacial score (nSPS) is 11.0. The molecule has 3 nitrogen and oxygen atoms in total. The third kappa shape index (κ3) is 2.55. The van der Waals surface area contributed by atoms with Crippen molar-refractivity contribution in [1.82, 2.24) is 0 Å². The molecule has 2 rings (SSSR count). The summed E-state index contributed by atoms with van der Waals surface area (Å²) in [6.45, 7) is 1.81. The molecular weight excluding hydrogens is 226 g/mol. The van der Waals surface area contributed by atoms with Crippen LogP contribution >= 0.6 is 0 Å². The molecule has 0 amide bonds. The number of allylic oxidation sites excluding steroid dienone is 1. The highest BCUT2D eigenvalue weighted by molar-refractivity contribution is 6.13. The number of ketones is 1. The third-order valence-electron chi connectivity index (χ3n) is 2.45. The van der Waals surface area contributed by atoms with E-state index in [0.717, 1.165) is 5.76 Å². The van der Waals surface area contributed by atoms with Gasteiger partial charge in [-0.2, -0.15) is 5.26 Å². The van der Waals surface area contributed by atoms with Crippen LogP contribution in [0.2, 0.25) is 0 Å². The highest BCUT2D eigenvalue weighted by Gasteiger charge is 2.12. The zero-order valence-corrected chi connectivity index (χ0v) is 9.88. The molecule has 88 valence electrons. The van der Waals surface area contributed by atoms with Crippen LogP contribution < -0.4 is 0 Å². The smallest absolute Gasteiger partial charge is 0.203 e. The predicted molar refractivity (Wildman–Crippen MR) is 67.8 cm³/mol. The molecule has 1 aromatic carbocycles. The second kappa shape index (κ2) is 5.15. The number of rotatable bonds is 3. The van der Waals surface area contributed by atoms with Gasteiger partial charge in [0.2, 0.25) is 5.78 Å². The summed E-state index contributed by atoms with van der Waals surface area (Å²) in [5.74, 6) is 0.950. The van der Waals surface area contributed by atoms with Crippen LogP contribution in [0.1, 0.15) is 21.9 Å². The Kier molecular flexibility index (Phi) is 3.40. The fourth-order valence-corrected chi connectivity index (χ4v) is 1.57. The Morgan fingerprint density at radius 3 is 2.50 bits per heavy atom. The number of furan rings is 1. The van der Waals surface area contributed by atoms with Gasteiger partial charge in [0.15, 0.2) is 0 Å². The van der Waals surface area contributed by atoms with Crippen LogP contribution in [0.25, 0.3) is 6.08 Å². The number of hydrogen-bond donors (Lipinski definition) is 0. The zero-order valence-electron chi connectivity index (χ0n) is 9.88. The average Bonchev–Trinajstić information content (AvgIpc) is 2.82. The summed E-state index contributed by atoms with van der Waals surface area (Å²) in [6, 6.07) is 14.1. The Morgan fingerprint density at radius 2 is 1.94 bits per heavy atom. The fourth-order valence-electron chi connectivity index (χ4n) is 1.57. The average molecular weight is 237 g/mol. The van der Waals surface area contributed by atoms with E-state index in [1.807, 2.05) is 19.1 Å². The molecule has 0 aliphatic rings. The summed E-state index contributed by atoms with van der Waals surface area (Å²) in [6.07, 6.45) is 1.46. The standard InChI is InChI=1S/C15H11NO2/c1-11-7-8-14(18-11)9-13(10-16)15(17)12-5-3-2-4-6-12/h2-9H,1H3/b13-9-. The monoisotopic (exact) mass is 237 g/mol. The lowest BCUT2D eigenvalue weighted by molar-refractivity contribution is 0.104. The number of nitrogens with zero attached hydrogens (tertiary/aromatic N) is 1. The first-order chi connectivity index (χ1) is 8.70. The number of Topliss-reactive ketones (excluding diaryl/α,β-unsaturated/α-hetero) is 1. The summed E-state index contributed by atoms with van der Waals surface area (Å²) in [4.78, 5) is 12.1. The lowest BCUT2D eigenvalue weighted by Gasteiger charge is -1.97. The van der Waals surface area contributed by atoms with Gasteiger partial charge in [-0.3, -0.25) is 4.79 Å². The Labute approximate surface area is 105 Å². The van der Waals surface area contributed by atoms with E-state index < -0.39 is 0 Å². The van der Waals surface area contributed by atoms with E-state index in [4.69, 9.17) is 9.68 Å². The number of benzene rings is 1. The molecule has 0 aliphatic heterocycles. The first-order valence-electron chi connectivity index (χ1n) is 5.48. The first-order valence-corrected chi connectivity index (χ1v) is 5.48. The molecule has 1 aromatic heterocycles. The molecule has 0 aliphatic carbocycles. The highest BCUT2D eigenvalue weighted by Crippen LogP contribution is 2.14. The fraction of sp³-hybridized carbons (Fsp3) is 0.0667. The van der Waals surface area contributed by atoms with Crippen molar-refractivity contribution in [3.63, 3.8) is 0 Å². The van der Waals surface area contributed by atoms with Crippen molar-refractivity contribution in [1.29, 1.82) is 5.26 Å². The highest BCUT2D eigenvalue weighted by atomic mass is 16.3. The van der Waals surface area contributed by atoms with Gasteiger partial charge in [0.05, 0.1) is 0 Å². The van der Waals surface area contributed by atoms with Crippen molar-refractivity contribution >= 4 is 11.9 Å². The van der Waals surface area contributed by atoms with E-state index >= 15 is 0 Å². The lowest BCUT2D eigenvalue weighted by Crippen LogP contribution is -2.01. The molecule has 0 unspecified atom stereocenters. The van der Waals surface area contributed by atoms with E-state index in [1.165, 1.54) is 6.08 Å². The molecule has 0 radical (unpaired) electrons. The lowest BCUT2D eigenvalue weighted by atomic mass is 10.0. The Balaban J connectivity index is 2.33. The molecule has 1 heterocycles. The minimum atomic E-state index is -0.299. The second-order valence-electron chi connectivity index (χ2n) is 3.81. The van der Waals surface area contributed by atoms with E-state index in [9.17, 15) is 4.79 Å². The predicted octanol–water partition coefficient (Wildman–Crippen LogP) is 3.38. The van der Waals surface area contributed by atoms with Crippen LogP contribution in [0.4, 0.5) is 0 Å². The summed E-state index contributed by atoms with van der Waals surface area (Å²) >= 11 is 0. The zero-order chi connectivity index (χ0) is 13.0. The summed E-state index contributed by atoms with van der Waals surface area (Å²) < 4.78 is 5.32. The maximum atomic E-state index is 12.1. The van der Waals surface area contributed by atoms with Gasteiger partial charge in [0.25, 0.3) is 0 Å². The number of carbonyl (C=O) groups is 1. The molecular formula is C15H11NO2. The van der Waals surface area contributed by atoms with Crippen molar-refractivity contribution in [3.05, 3.63) is 65.1 Å². The number of aryl methyl sites for hydroxylation is 1. The molecule has 0 saturated heterocycles. The maximum Gasteiger partial charge on any atom is 0.203 e. The van der Waals surface area contributed by atoms with Crippen LogP contribution in [0.3, 0.4) is 0 Å². The van der Waals surface area contributed by atoms with E-state index in [-0.39, 0.29) is 11.4 Å². The second-order valence-corrected chi connectivity index (χ2v) is 3.81. The van der Waals surface area contributed by atoms with E-state index in [0.29, 0.717) is 11.3 Å². The molecule has 0 atom stereocenters. The third-order valence-corrected chi connectivity index (χ3v) is 2.45. The van der Waals surface area contributed by atoms with Crippen LogP contribution in [0.15, 0.2) is 52.5 Å². The van der Waals surface area contributed by atoms with Crippen molar-refractivity contribution in [2.24, 2.45) is 0 Å². The quantitative estimate of drug-likeness (QED) is 0.467. The molecule has 0 N–H and O–H groups in total. The van der Waals surface area contributed by atoms with Gasteiger partial charge in [0, 0.05) is 11.6 Å². The first kappa shape index (κ1) is 11.9. The summed E-state index contributed by atoms with van der Waals surface area (Å²) in [5.41, 5.74) is 0.559. The molecule has 18 heavy (non-hydrogen) atoms. The largest absolute Gasteiger partial charge is 0.462 e. The summed E-state index contributed by atoms with van der Waals surface area (Å²) in [7, 11) is 0.